The number of hydrogen-bond donors (Lipinski definition) is 1. The van der Waals surface area contributed by atoms with Crippen molar-refractivity contribution >= 4 is 72.5 Å². The molecule has 5 atom stereocenters. The van der Waals surface area contributed by atoms with E-state index >= 15 is 0 Å². The Bertz CT molecular complexity index is 1680. The molecule has 0 aliphatic heterocycles. The minimum atomic E-state index is -0.784. The van der Waals surface area contributed by atoms with Crippen LogP contribution in [-0.2, 0) is 19.1 Å². The van der Waals surface area contributed by atoms with Crippen molar-refractivity contribution in [2.75, 3.05) is 14.2 Å². The van der Waals surface area contributed by atoms with E-state index in [-0.39, 0.29) is 69.0 Å². The number of benzene rings is 4. The third-order valence-corrected chi connectivity index (χ3v) is 8.94. The number of Topliss-reactive ketones (excluding diaryl/α,β-unsaturated/α-hetero) is 1. The van der Waals surface area contributed by atoms with E-state index in [9.17, 15) is 19.5 Å². The van der Waals surface area contributed by atoms with Gasteiger partial charge in [0.2, 0.25) is 0 Å². The summed E-state index contributed by atoms with van der Waals surface area (Å²) in [5, 5.41) is 13.2. The fourth-order valence-electron chi connectivity index (χ4n) is 5.34. The van der Waals surface area contributed by atoms with Crippen molar-refractivity contribution in [3.8, 4) is 0 Å². The predicted octanol–water partition coefficient (Wildman–Crippen LogP) is 6.90. The molecule has 4 aromatic carbocycles. The Hall–Kier alpha value is -2.33. The van der Waals surface area contributed by atoms with Gasteiger partial charge in [-0.1, -0.05) is 96.6 Å². The van der Waals surface area contributed by atoms with Crippen molar-refractivity contribution < 1.29 is 59.9 Å². The van der Waals surface area contributed by atoms with Crippen LogP contribution < -0.4 is 29.6 Å². The largest absolute Gasteiger partial charge is 1.00 e. The molecule has 0 aromatic heterocycles. The van der Waals surface area contributed by atoms with Gasteiger partial charge in [-0.05, 0) is 90.2 Å². The summed E-state index contributed by atoms with van der Waals surface area (Å²) >= 11 is 24.0. The summed E-state index contributed by atoms with van der Waals surface area (Å²) in [6, 6.07) is 28.2. The van der Waals surface area contributed by atoms with Gasteiger partial charge in [-0.3, -0.25) is 14.4 Å². The van der Waals surface area contributed by atoms with Crippen LogP contribution in [0.2, 0.25) is 20.1 Å². The maximum atomic E-state index is 13.0. The molecule has 0 amide bonds. The number of ketones is 1. The van der Waals surface area contributed by atoms with Crippen LogP contribution in [-0.4, -0.2) is 45.5 Å². The second-order valence-electron chi connectivity index (χ2n) is 11.5. The van der Waals surface area contributed by atoms with Gasteiger partial charge in [0, 0.05) is 45.9 Å². The number of aliphatic hydroxyl groups is 1. The molecule has 259 valence electrons. The summed E-state index contributed by atoms with van der Waals surface area (Å²) in [6.45, 7) is 3.54. The minimum absolute atomic E-state index is 0. The molecule has 0 aliphatic carbocycles. The van der Waals surface area contributed by atoms with E-state index < -0.39 is 17.9 Å². The van der Waals surface area contributed by atoms with Crippen molar-refractivity contribution in [3.05, 3.63) is 139 Å². The molecule has 0 heterocycles. The third-order valence-electron chi connectivity index (χ3n) is 7.97. The molecular weight excluding hydrogens is 728 g/mol. The van der Waals surface area contributed by atoms with Crippen molar-refractivity contribution in [2.45, 2.75) is 44.6 Å². The Morgan fingerprint density at radius 2 is 1.08 bits per heavy atom. The second-order valence-corrected chi connectivity index (χ2v) is 13.2. The predicted molar refractivity (Wildman–Crippen MR) is 199 cm³/mol. The molecule has 50 heavy (non-hydrogen) atoms. The molecule has 5 unspecified atom stereocenters. The molecule has 0 bridgehead atoms. The Morgan fingerprint density at radius 1 is 0.640 bits per heavy atom. The van der Waals surface area contributed by atoms with E-state index in [0.717, 1.165) is 16.7 Å². The van der Waals surface area contributed by atoms with Crippen molar-refractivity contribution in [1.82, 2.24) is 0 Å². The van der Waals surface area contributed by atoms with Crippen LogP contribution in [0.1, 0.15) is 73.1 Å². The Kier molecular flexibility index (Phi) is 20.6. The van der Waals surface area contributed by atoms with Gasteiger partial charge in [0.25, 0.3) is 0 Å². The summed E-state index contributed by atoms with van der Waals surface area (Å²) in [4.78, 5) is 36.6. The van der Waals surface area contributed by atoms with Gasteiger partial charge in [-0.25, -0.2) is 0 Å². The Morgan fingerprint density at radius 3 is 1.56 bits per heavy atom. The standard InChI is InChI=1S/C19H20Cl2O3.C19H18Cl2O3.B.Na.H/c2*1-12(19(23)24-2)10-17(14-4-3-5-16(21)11-14)18(22)13-6-8-15(20)9-7-13;;;/h3-9,11-12,17-18,22H,10H2,1-2H3;3-9,11-12,17H,10H2,1-2H3;;;/q;;;+1;-1. The topological polar surface area (TPSA) is 89.9 Å². The summed E-state index contributed by atoms with van der Waals surface area (Å²) in [5.41, 5.74) is 2.93. The number of ether oxygens (including phenoxy) is 2. The first-order valence-corrected chi connectivity index (χ1v) is 16.8. The van der Waals surface area contributed by atoms with E-state index in [1.807, 2.05) is 24.3 Å². The van der Waals surface area contributed by atoms with Gasteiger partial charge < -0.3 is 16.0 Å². The van der Waals surface area contributed by atoms with Gasteiger partial charge >= 0.3 is 41.5 Å². The molecule has 0 fully saturated rings. The Balaban J connectivity index is 0.000000926. The maximum Gasteiger partial charge on any atom is 1.00 e. The fourth-order valence-corrected chi connectivity index (χ4v) is 5.99. The average Bonchev–Trinajstić information content (AvgIpc) is 3.08. The zero-order valence-electron chi connectivity index (χ0n) is 29.6. The van der Waals surface area contributed by atoms with Gasteiger partial charge in [0.05, 0.1) is 32.2 Å². The van der Waals surface area contributed by atoms with Gasteiger partial charge in [0.15, 0.2) is 5.78 Å². The number of hydrogen-bond acceptors (Lipinski definition) is 6. The Labute approximate surface area is 340 Å². The second kappa shape index (κ2) is 22.6. The summed E-state index contributed by atoms with van der Waals surface area (Å²) in [5.74, 6) is -2.25. The minimum Gasteiger partial charge on any atom is -1.00 e. The maximum absolute atomic E-state index is 13.0. The van der Waals surface area contributed by atoms with Crippen LogP contribution in [0.3, 0.4) is 0 Å². The van der Waals surface area contributed by atoms with Crippen LogP contribution in [0.25, 0.3) is 0 Å². The van der Waals surface area contributed by atoms with Crippen molar-refractivity contribution in [2.24, 2.45) is 11.8 Å². The van der Waals surface area contributed by atoms with Gasteiger partial charge in [0.1, 0.15) is 0 Å². The number of carbonyl (C=O) groups is 3. The third kappa shape index (κ3) is 13.7. The van der Waals surface area contributed by atoms with Gasteiger partial charge in [-0.15, -0.1) is 0 Å². The van der Waals surface area contributed by atoms with E-state index in [1.54, 1.807) is 86.6 Å². The van der Waals surface area contributed by atoms with E-state index in [1.165, 1.54) is 14.2 Å². The molecular formula is C38H39BCl4NaO6. The molecule has 6 nitrogen and oxygen atoms in total. The zero-order chi connectivity index (χ0) is 35.4. The number of halogens is 4. The first-order chi connectivity index (χ1) is 22.8. The number of methoxy groups -OCH3 is 2. The quantitative estimate of drug-likeness (QED) is 0.0959. The zero-order valence-corrected chi connectivity index (χ0v) is 33.6. The van der Waals surface area contributed by atoms with E-state index in [0.29, 0.717) is 38.5 Å². The monoisotopic (exact) mass is 765 g/mol. The van der Waals surface area contributed by atoms with Crippen LogP contribution >= 0.6 is 46.4 Å². The SMILES string of the molecule is COC(=O)C(C)CC(C(=O)c1ccc(Cl)cc1)c1cccc(Cl)c1.COC(=O)C(C)CC(c1cccc(Cl)c1)C(O)c1ccc(Cl)cc1.[B].[H-].[Na+]. The smallest absolute Gasteiger partial charge is 1.00 e. The molecule has 0 saturated carbocycles. The molecule has 4 aromatic rings. The van der Waals surface area contributed by atoms with Crippen molar-refractivity contribution in [1.29, 1.82) is 0 Å². The molecule has 3 radical (unpaired) electrons. The van der Waals surface area contributed by atoms with Gasteiger partial charge in [-0.2, -0.15) is 0 Å². The van der Waals surface area contributed by atoms with Crippen LogP contribution in [0.15, 0.2) is 97.1 Å². The number of rotatable bonds is 12. The van der Waals surface area contributed by atoms with Crippen LogP contribution in [0.4, 0.5) is 0 Å². The molecule has 0 spiro atoms. The molecule has 0 aliphatic rings. The first-order valence-electron chi connectivity index (χ1n) is 15.2. The number of aliphatic hydroxyl groups excluding tert-OH is 1. The molecule has 12 heteroatoms. The number of carbonyl (C=O) groups excluding carboxylic acids is 3. The van der Waals surface area contributed by atoms with Crippen molar-refractivity contribution in [3.63, 3.8) is 0 Å². The average molecular weight is 767 g/mol. The molecule has 4 rings (SSSR count). The van der Waals surface area contributed by atoms with Crippen LogP contribution in [0, 0.1) is 11.8 Å². The summed E-state index contributed by atoms with van der Waals surface area (Å²) in [6.07, 6.45) is -0.00139. The van der Waals surface area contributed by atoms with Crippen LogP contribution in [0.5, 0.6) is 0 Å². The van der Waals surface area contributed by atoms with E-state index in [2.05, 4.69) is 0 Å². The first kappa shape index (κ1) is 45.7. The summed E-state index contributed by atoms with van der Waals surface area (Å²) < 4.78 is 9.59. The molecule has 1 N–H and O–H groups in total. The van der Waals surface area contributed by atoms with E-state index in [4.69, 9.17) is 55.9 Å². The number of esters is 2. The summed E-state index contributed by atoms with van der Waals surface area (Å²) in [7, 11) is 2.71. The fraction of sp³-hybridized carbons (Fsp3) is 0.289. The normalized spacial score (nSPS) is 13.4. The molecule has 0 saturated heterocycles.